The van der Waals surface area contributed by atoms with Crippen LogP contribution in [0.4, 0.5) is 0 Å². The van der Waals surface area contributed by atoms with Crippen molar-refractivity contribution >= 4 is 17.0 Å². The van der Waals surface area contributed by atoms with Crippen LogP contribution in [-0.2, 0) is 43.2 Å². The molecule has 2 aromatic rings. The summed E-state index contributed by atoms with van der Waals surface area (Å²) in [5.41, 5.74) is 2.89. The summed E-state index contributed by atoms with van der Waals surface area (Å²) in [5.74, 6) is 0. The molecule has 0 amide bonds. The van der Waals surface area contributed by atoms with E-state index < -0.39 is 20.8 Å². The average Bonchev–Trinajstić information content (AvgIpc) is 3.31. The normalized spacial score (nSPS) is 9.44. The minimum atomic E-state index is -0.826. The Morgan fingerprint density at radius 2 is 1.00 bits per heavy atom. The van der Waals surface area contributed by atoms with Gasteiger partial charge in [-0.25, -0.2) is 24.3 Å². The van der Waals surface area contributed by atoms with Gasteiger partial charge in [-0.1, -0.05) is 25.7 Å². The van der Waals surface area contributed by atoms with E-state index >= 15 is 0 Å². The molecule has 5 heteroatoms. The van der Waals surface area contributed by atoms with Gasteiger partial charge in [0.25, 0.3) is 0 Å². The predicted molar refractivity (Wildman–Crippen MR) is 105 cm³/mol. The van der Waals surface area contributed by atoms with Crippen molar-refractivity contribution in [2.24, 2.45) is 0 Å². The molecule has 0 bridgehead atoms. The molecule has 25 heavy (non-hydrogen) atoms. The van der Waals surface area contributed by atoms with Gasteiger partial charge in [0.15, 0.2) is 0 Å². The van der Waals surface area contributed by atoms with E-state index in [1.807, 2.05) is 0 Å². The summed E-state index contributed by atoms with van der Waals surface area (Å²) in [5, 5.41) is 0. The fourth-order valence-corrected chi connectivity index (χ4v) is 2.31. The molecule has 0 heterocycles. The summed E-state index contributed by atoms with van der Waals surface area (Å²) >= 11 is -0.826. The molecule has 0 spiro atoms. The molecular weight excluding hydrogens is 434 g/mol. The van der Waals surface area contributed by atoms with Crippen LogP contribution in [0, 0.1) is 0 Å². The van der Waals surface area contributed by atoms with Gasteiger partial charge in [-0.05, 0) is 12.8 Å². The van der Waals surface area contributed by atoms with Crippen molar-refractivity contribution in [2.45, 2.75) is 38.5 Å². The number of halogens is 2. The number of methoxy groups -OCH3 is 2. The van der Waals surface area contributed by atoms with Crippen LogP contribution in [0.2, 0.25) is 0 Å². The first-order valence-corrected chi connectivity index (χ1v) is 15.0. The van der Waals surface area contributed by atoms with Crippen LogP contribution >= 0.6 is 17.0 Å². The number of rotatable bonds is 10. The van der Waals surface area contributed by atoms with Gasteiger partial charge in [0.2, 0.25) is 0 Å². The number of unbranched alkanes of at least 4 members (excludes halogenated alkanes) is 2. The molecule has 2 aromatic carbocycles. The molecular formula is C20H30Cl2O2Zr. The van der Waals surface area contributed by atoms with Crippen LogP contribution in [0.15, 0.2) is 48.5 Å². The van der Waals surface area contributed by atoms with E-state index in [1.54, 1.807) is 14.2 Å². The Morgan fingerprint density at radius 3 is 1.28 bits per heavy atom. The zero-order valence-electron chi connectivity index (χ0n) is 15.3. The standard InChI is InChI=1S/2C10H15O.2ClH.Zr/c2*1-11-9-5-4-8-10-6-2-3-7-10;;;/h2*2-3,6-7H,4-5,8-9H2,1H3;2*1H;/q2*-1;;;+4/p-2. The molecule has 0 saturated carbocycles. The number of hydrogen-bond acceptors (Lipinski definition) is 2. The van der Waals surface area contributed by atoms with Crippen LogP contribution in [0.1, 0.15) is 36.8 Å². The third-order valence-corrected chi connectivity index (χ3v) is 3.59. The van der Waals surface area contributed by atoms with Gasteiger partial charge < -0.3 is 9.47 Å². The first-order valence-electron chi connectivity index (χ1n) is 8.63. The zero-order chi connectivity index (χ0) is 18.6. The summed E-state index contributed by atoms with van der Waals surface area (Å²) in [6.45, 7) is 1.78. The van der Waals surface area contributed by atoms with Crippen LogP contribution in [0.3, 0.4) is 0 Å². The van der Waals surface area contributed by atoms with E-state index in [-0.39, 0.29) is 0 Å². The Labute approximate surface area is 172 Å². The Balaban J connectivity index is 0.000000399. The molecule has 0 radical (unpaired) electrons. The van der Waals surface area contributed by atoms with Crippen LogP contribution < -0.4 is 0 Å². The van der Waals surface area contributed by atoms with Gasteiger partial charge in [-0.3, -0.25) is 0 Å². The molecule has 2 nitrogen and oxygen atoms in total. The Bertz CT molecular complexity index is 402. The van der Waals surface area contributed by atoms with Crippen LogP contribution in [-0.4, -0.2) is 27.4 Å². The molecule has 0 N–H and O–H groups in total. The molecule has 0 atom stereocenters. The monoisotopic (exact) mass is 462 g/mol. The second kappa shape index (κ2) is 20.4. The summed E-state index contributed by atoms with van der Waals surface area (Å²) in [4.78, 5) is 0. The van der Waals surface area contributed by atoms with Crippen molar-refractivity contribution < 1.29 is 30.3 Å². The number of hydrogen-bond donors (Lipinski definition) is 0. The second-order valence-corrected chi connectivity index (χ2v) is 9.29. The van der Waals surface area contributed by atoms with E-state index in [1.165, 1.54) is 49.7 Å². The van der Waals surface area contributed by atoms with Crippen molar-refractivity contribution in [2.75, 3.05) is 27.4 Å². The van der Waals surface area contributed by atoms with E-state index in [9.17, 15) is 0 Å². The van der Waals surface area contributed by atoms with Gasteiger partial charge in [0, 0.05) is 27.4 Å². The summed E-state index contributed by atoms with van der Waals surface area (Å²) in [7, 11) is 13.4. The number of aryl methyl sites for hydroxylation is 2. The third kappa shape index (κ3) is 17.3. The molecule has 0 saturated heterocycles. The summed E-state index contributed by atoms with van der Waals surface area (Å²) in [6, 6.07) is 17.0. The molecule has 0 aromatic heterocycles. The fraction of sp³-hybridized carbons (Fsp3) is 0.500. The molecule has 0 unspecified atom stereocenters. The van der Waals surface area contributed by atoms with Crippen molar-refractivity contribution in [1.29, 1.82) is 0 Å². The quantitative estimate of drug-likeness (QED) is 0.311. The van der Waals surface area contributed by atoms with Gasteiger partial charge in [-0.15, -0.1) is 0 Å². The van der Waals surface area contributed by atoms with Crippen molar-refractivity contribution in [3.8, 4) is 0 Å². The Kier molecular flexibility index (Phi) is 20.5. The van der Waals surface area contributed by atoms with Crippen molar-refractivity contribution in [3.63, 3.8) is 0 Å². The maximum atomic E-state index is 4.96. The number of ether oxygens (including phenoxy) is 2. The van der Waals surface area contributed by atoms with Crippen LogP contribution in [0.5, 0.6) is 0 Å². The summed E-state index contributed by atoms with van der Waals surface area (Å²) in [6.07, 6.45) is 7.19. The van der Waals surface area contributed by atoms with Crippen LogP contribution in [0.25, 0.3) is 0 Å². The zero-order valence-corrected chi connectivity index (χ0v) is 19.3. The Morgan fingerprint density at radius 1 is 0.680 bits per heavy atom. The van der Waals surface area contributed by atoms with Crippen molar-refractivity contribution in [1.82, 2.24) is 0 Å². The molecule has 140 valence electrons. The third-order valence-electron chi connectivity index (χ3n) is 3.59. The molecule has 2 rings (SSSR count). The Hall–Kier alpha value is 0.0831. The van der Waals surface area contributed by atoms with E-state index in [0.29, 0.717) is 0 Å². The average molecular weight is 465 g/mol. The topological polar surface area (TPSA) is 18.5 Å². The first kappa shape index (κ1) is 25.1. The second-order valence-electron chi connectivity index (χ2n) is 5.56. The van der Waals surface area contributed by atoms with Gasteiger partial charge in [-0.2, -0.15) is 35.4 Å². The van der Waals surface area contributed by atoms with E-state index in [2.05, 4.69) is 48.5 Å². The molecule has 0 aliphatic carbocycles. The SMILES string of the molecule is COCCCC[c-]1cccc1.COCCCC[c-]1cccc1.[Cl][Zr+2][Cl]. The predicted octanol–water partition coefficient (Wildman–Crippen LogP) is 6.13. The molecule has 0 aliphatic rings. The van der Waals surface area contributed by atoms with Gasteiger partial charge in [0.05, 0.1) is 0 Å². The van der Waals surface area contributed by atoms with Gasteiger partial charge in [0.1, 0.15) is 0 Å². The van der Waals surface area contributed by atoms with E-state index in [0.717, 1.165) is 13.2 Å². The fourth-order valence-electron chi connectivity index (χ4n) is 2.31. The minimum absolute atomic E-state index is 0.826. The summed E-state index contributed by atoms with van der Waals surface area (Å²) < 4.78 is 9.92. The van der Waals surface area contributed by atoms with E-state index in [4.69, 9.17) is 26.5 Å². The van der Waals surface area contributed by atoms with Crippen molar-refractivity contribution in [3.05, 3.63) is 59.7 Å². The maximum absolute atomic E-state index is 4.96. The van der Waals surface area contributed by atoms with Gasteiger partial charge >= 0.3 is 37.9 Å². The molecule has 0 aliphatic heterocycles. The molecule has 0 fully saturated rings. The first-order chi connectivity index (χ1) is 12.3.